The lowest BCUT2D eigenvalue weighted by Crippen LogP contribution is -2.05. The molecule has 0 saturated carbocycles. The second-order valence-corrected chi connectivity index (χ2v) is 5.19. The van der Waals surface area contributed by atoms with Crippen molar-refractivity contribution >= 4 is 23.2 Å². The molecule has 0 amide bonds. The normalized spacial score (nSPS) is 10.3. The SMILES string of the molecule is CC(=O)Cc1cccc(CC(=O)c2ccccc2Cl)c1. The zero-order valence-corrected chi connectivity index (χ0v) is 12.0. The Morgan fingerprint density at radius 3 is 2.25 bits per heavy atom. The van der Waals surface area contributed by atoms with Crippen LogP contribution in [0.2, 0.25) is 5.02 Å². The molecule has 0 heterocycles. The number of rotatable bonds is 5. The number of halogens is 1. The highest BCUT2D eigenvalue weighted by atomic mass is 35.5. The third-order valence-electron chi connectivity index (χ3n) is 2.98. The Hall–Kier alpha value is -1.93. The minimum Gasteiger partial charge on any atom is -0.300 e. The third kappa shape index (κ3) is 3.78. The summed E-state index contributed by atoms with van der Waals surface area (Å²) in [7, 11) is 0. The van der Waals surface area contributed by atoms with Gasteiger partial charge in [0.2, 0.25) is 0 Å². The van der Waals surface area contributed by atoms with Crippen molar-refractivity contribution < 1.29 is 9.59 Å². The Balaban J connectivity index is 2.16. The van der Waals surface area contributed by atoms with Gasteiger partial charge in [-0.15, -0.1) is 0 Å². The van der Waals surface area contributed by atoms with Crippen molar-refractivity contribution in [1.29, 1.82) is 0 Å². The highest BCUT2D eigenvalue weighted by Crippen LogP contribution is 2.18. The molecule has 3 heteroatoms. The lowest BCUT2D eigenvalue weighted by Gasteiger charge is -2.05. The van der Waals surface area contributed by atoms with Gasteiger partial charge in [-0.05, 0) is 30.2 Å². The van der Waals surface area contributed by atoms with Crippen LogP contribution in [0.15, 0.2) is 48.5 Å². The van der Waals surface area contributed by atoms with Crippen LogP contribution in [-0.4, -0.2) is 11.6 Å². The molecule has 2 aromatic rings. The lowest BCUT2D eigenvalue weighted by molar-refractivity contribution is -0.116. The summed E-state index contributed by atoms with van der Waals surface area (Å²) in [6.07, 6.45) is 0.684. The van der Waals surface area contributed by atoms with Crippen LogP contribution >= 0.6 is 11.6 Å². The molecule has 0 N–H and O–H groups in total. The average Bonchev–Trinajstić information content (AvgIpc) is 2.38. The van der Waals surface area contributed by atoms with Crippen molar-refractivity contribution in [3.63, 3.8) is 0 Å². The lowest BCUT2D eigenvalue weighted by atomic mass is 10.00. The fraction of sp³-hybridized carbons (Fsp3) is 0.176. The molecule has 0 aliphatic rings. The molecule has 2 nitrogen and oxygen atoms in total. The van der Waals surface area contributed by atoms with Crippen molar-refractivity contribution in [2.45, 2.75) is 19.8 Å². The maximum absolute atomic E-state index is 12.2. The number of benzene rings is 2. The zero-order chi connectivity index (χ0) is 14.5. The van der Waals surface area contributed by atoms with Crippen LogP contribution in [0.4, 0.5) is 0 Å². The van der Waals surface area contributed by atoms with Gasteiger partial charge in [-0.1, -0.05) is 48.0 Å². The molecule has 0 atom stereocenters. The topological polar surface area (TPSA) is 34.1 Å². The summed E-state index contributed by atoms with van der Waals surface area (Å²) in [6, 6.07) is 14.6. The molecule has 0 aliphatic carbocycles. The summed E-state index contributed by atoms with van der Waals surface area (Å²) in [5.74, 6) is 0.0927. The summed E-state index contributed by atoms with van der Waals surface area (Å²) in [5, 5.41) is 0.470. The van der Waals surface area contributed by atoms with E-state index in [0.717, 1.165) is 11.1 Å². The van der Waals surface area contributed by atoms with E-state index in [1.54, 1.807) is 31.2 Å². The van der Waals surface area contributed by atoms with Crippen LogP contribution in [0.25, 0.3) is 0 Å². The molecule has 0 unspecified atom stereocenters. The minimum atomic E-state index is -0.0180. The van der Waals surface area contributed by atoms with Gasteiger partial charge in [-0.3, -0.25) is 9.59 Å². The summed E-state index contributed by atoms with van der Waals surface area (Å²) >= 11 is 6.02. The van der Waals surface area contributed by atoms with Gasteiger partial charge in [0, 0.05) is 18.4 Å². The highest BCUT2D eigenvalue weighted by molar-refractivity contribution is 6.34. The van der Waals surface area contributed by atoms with E-state index in [-0.39, 0.29) is 18.0 Å². The first-order valence-electron chi connectivity index (χ1n) is 6.41. The maximum Gasteiger partial charge on any atom is 0.168 e. The van der Waals surface area contributed by atoms with Crippen molar-refractivity contribution in [1.82, 2.24) is 0 Å². The van der Waals surface area contributed by atoms with Gasteiger partial charge in [-0.2, -0.15) is 0 Å². The van der Waals surface area contributed by atoms with E-state index in [4.69, 9.17) is 11.6 Å². The van der Waals surface area contributed by atoms with Crippen molar-refractivity contribution in [2.75, 3.05) is 0 Å². The van der Waals surface area contributed by atoms with E-state index in [1.165, 1.54) is 0 Å². The second kappa shape index (κ2) is 6.49. The van der Waals surface area contributed by atoms with E-state index < -0.39 is 0 Å². The van der Waals surface area contributed by atoms with Gasteiger partial charge in [0.05, 0.1) is 5.02 Å². The van der Waals surface area contributed by atoms with E-state index >= 15 is 0 Å². The number of ketones is 2. The smallest absolute Gasteiger partial charge is 0.168 e. The molecule has 2 rings (SSSR count). The number of Topliss-reactive ketones (excluding diaryl/α,β-unsaturated/α-hetero) is 2. The van der Waals surface area contributed by atoms with Gasteiger partial charge >= 0.3 is 0 Å². The Morgan fingerprint density at radius 1 is 0.950 bits per heavy atom. The fourth-order valence-electron chi connectivity index (χ4n) is 2.10. The molecule has 0 saturated heterocycles. The van der Waals surface area contributed by atoms with Crippen LogP contribution < -0.4 is 0 Å². The van der Waals surface area contributed by atoms with Gasteiger partial charge in [-0.25, -0.2) is 0 Å². The predicted octanol–water partition coefficient (Wildman–Crippen LogP) is 3.90. The van der Waals surface area contributed by atoms with E-state index in [9.17, 15) is 9.59 Å². The number of hydrogen-bond donors (Lipinski definition) is 0. The quantitative estimate of drug-likeness (QED) is 0.781. The van der Waals surface area contributed by atoms with Gasteiger partial charge in [0.15, 0.2) is 5.78 Å². The molecule has 0 radical (unpaired) electrons. The molecule has 0 aromatic heterocycles. The van der Waals surface area contributed by atoms with Crippen LogP contribution in [0.1, 0.15) is 28.4 Å². The largest absolute Gasteiger partial charge is 0.300 e. The monoisotopic (exact) mass is 286 g/mol. The third-order valence-corrected chi connectivity index (χ3v) is 3.31. The Labute approximate surface area is 123 Å². The molecule has 2 aromatic carbocycles. The summed E-state index contributed by atoms with van der Waals surface area (Å²) in [6.45, 7) is 1.56. The van der Waals surface area contributed by atoms with Crippen LogP contribution in [0.5, 0.6) is 0 Å². The van der Waals surface area contributed by atoms with E-state index in [0.29, 0.717) is 17.0 Å². The first kappa shape index (κ1) is 14.5. The summed E-state index contributed by atoms with van der Waals surface area (Å²) in [5.41, 5.74) is 2.36. The zero-order valence-electron chi connectivity index (χ0n) is 11.2. The first-order valence-corrected chi connectivity index (χ1v) is 6.79. The fourth-order valence-corrected chi connectivity index (χ4v) is 2.35. The maximum atomic E-state index is 12.2. The molecule has 20 heavy (non-hydrogen) atoms. The summed E-state index contributed by atoms with van der Waals surface area (Å²) in [4.78, 5) is 23.3. The van der Waals surface area contributed by atoms with Gasteiger partial charge in [0.25, 0.3) is 0 Å². The van der Waals surface area contributed by atoms with Crippen molar-refractivity contribution in [3.8, 4) is 0 Å². The van der Waals surface area contributed by atoms with Crippen molar-refractivity contribution in [3.05, 3.63) is 70.2 Å². The van der Waals surface area contributed by atoms with Crippen LogP contribution in [0.3, 0.4) is 0 Å². The molecule has 102 valence electrons. The Morgan fingerprint density at radius 2 is 1.60 bits per heavy atom. The highest BCUT2D eigenvalue weighted by Gasteiger charge is 2.10. The molecule has 0 bridgehead atoms. The van der Waals surface area contributed by atoms with Gasteiger partial charge in [0.1, 0.15) is 5.78 Å². The molecular weight excluding hydrogens is 272 g/mol. The summed E-state index contributed by atoms with van der Waals surface area (Å²) < 4.78 is 0. The van der Waals surface area contributed by atoms with Gasteiger partial charge < -0.3 is 0 Å². The number of hydrogen-bond acceptors (Lipinski definition) is 2. The minimum absolute atomic E-state index is 0.0180. The number of carbonyl (C=O) groups excluding carboxylic acids is 2. The number of carbonyl (C=O) groups is 2. The Bertz CT molecular complexity index is 647. The van der Waals surface area contributed by atoms with Crippen LogP contribution in [0, 0.1) is 0 Å². The molecular formula is C17H15ClO2. The first-order chi connectivity index (χ1) is 9.56. The van der Waals surface area contributed by atoms with E-state index in [2.05, 4.69) is 0 Å². The average molecular weight is 287 g/mol. The predicted molar refractivity (Wildman–Crippen MR) is 80.3 cm³/mol. The second-order valence-electron chi connectivity index (χ2n) is 4.78. The van der Waals surface area contributed by atoms with Crippen LogP contribution in [-0.2, 0) is 17.6 Å². The standard InChI is InChI=1S/C17H15ClO2/c1-12(19)9-13-5-4-6-14(10-13)11-17(20)15-7-2-3-8-16(15)18/h2-8,10H,9,11H2,1H3. The van der Waals surface area contributed by atoms with E-state index in [1.807, 2.05) is 24.3 Å². The molecule has 0 fully saturated rings. The Kier molecular flexibility index (Phi) is 4.70. The molecule has 0 aliphatic heterocycles. The van der Waals surface area contributed by atoms with Crippen molar-refractivity contribution in [2.24, 2.45) is 0 Å². The molecule has 0 spiro atoms.